The van der Waals surface area contributed by atoms with Crippen molar-refractivity contribution in [2.45, 2.75) is 11.3 Å². The second kappa shape index (κ2) is 5.88. The predicted molar refractivity (Wildman–Crippen MR) is 70.6 cm³/mol. The smallest absolute Gasteiger partial charge is 0.240 e. The van der Waals surface area contributed by atoms with Gasteiger partial charge < -0.3 is 15.0 Å². The van der Waals surface area contributed by atoms with Crippen molar-refractivity contribution >= 4 is 15.7 Å². The van der Waals surface area contributed by atoms with E-state index >= 15 is 0 Å². The molecule has 8 nitrogen and oxygen atoms in total. The number of benzene rings is 1. The van der Waals surface area contributed by atoms with E-state index in [1.165, 1.54) is 31.6 Å². The van der Waals surface area contributed by atoms with E-state index in [2.05, 4.69) is 14.9 Å². The van der Waals surface area contributed by atoms with Crippen molar-refractivity contribution in [3.05, 3.63) is 30.4 Å². The lowest BCUT2D eigenvalue weighted by Crippen LogP contribution is -2.26. The van der Waals surface area contributed by atoms with Gasteiger partial charge in [-0.1, -0.05) is 5.16 Å². The van der Waals surface area contributed by atoms with Gasteiger partial charge in [-0.3, -0.25) is 0 Å². The highest BCUT2D eigenvalue weighted by atomic mass is 32.2. The third-order valence-corrected chi connectivity index (χ3v) is 4.01. The topological polar surface area (TPSA) is 120 Å². The number of ether oxygens (including phenoxy) is 1. The normalized spacial score (nSPS) is 11.4. The van der Waals surface area contributed by atoms with Crippen LogP contribution >= 0.6 is 0 Å². The SMILES string of the molecule is COc1ccc(S(=O)(=O)NCCc2ncno2)cc1N. The van der Waals surface area contributed by atoms with Crippen molar-refractivity contribution in [1.82, 2.24) is 14.9 Å². The minimum absolute atomic E-state index is 0.0707. The fourth-order valence-electron chi connectivity index (χ4n) is 1.56. The number of sulfonamides is 1. The van der Waals surface area contributed by atoms with Gasteiger partial charge in [0.15, 0.2) is 6.33 Å². The monoisotopic (exact) mass is 298 g/mol. The average molecular weight is 298 g/mol. The molecule has 20 heavy (non-hydrogen) atoms. The third-order valence-electron chi connectivity index (χ3n) is 2.55. The highest BCUT2D eigenvalue weighted by Gasteiger charge is 2.15. The lowest BCUT2D eigenvalue weighted by molar-refractivity contribution is 0.377. The zero-order valence-electron chi connectivity index (χ0n) is 10.7. The van der Waals surface area contributed by atoms with Gasteiger partial charge in [-0.05, 0) is 18.2 Å². The Labute approximate surface area is 116 Å². The number of aromatic nitrogens is 2. The molecule has 1 aromatic heterocycles. The second-order valence-corrected chi connectivity index (χ2v) is 5.65. The molecule has 1 heterocycles. The van der Waals surface area contributed by atoms with Crippen molar-refractivity contribution in [2.24, 2.45) is 0 Å². The standard InChI is InChI=1S/C11H14N4O4S/c1-18-10-3-2-8(6-9(10)12)20(16,17)15-5-4-11-13-7-14-19-11/h2-3,6-7,15H,4-5,12H2,1H3. The van der Waals surface area contributed by atoms with Crippen LogP contribution in [0.4, 0.5) is 5.69 Å². The summed E-state index contributed by atoms with van der Waals surface area (Å²) < 4.78 is 36.2. The number of methoxy groups -OCH3 is 1. The number of nitrogens with two attached hydrogens (primary N) is 1. The number of nitrogens with zero attached hydrogens (tertiary/aromatic N) is 2. The van der Waals surface area contributed by atoms with Crippen LogP contribution in [-0.4, -0.2) is 32.2 Å². The highest BCUT2D eigenvalue weighted by Crippen LogP contribution is 2.24. The van der Waals surface area contributed by atoms with Gasteiger partial charge >= 0.3 is 0 Å². The van der Waals surface area contributed by atoms with E-state index in [0.29, 0.717) is 18.1 Å². The van der Waals surface area contributed by atoms with Gasteiger partial charge in [0.2, 0.25) is 15.9 Å². The number of anilines is 1. The van der Waals surface area contributed by atoms with Crippen LogP contribution in [0.25, 0.3) is 0 Å². The summed E-state index contributed by atoms with van der Waals surface area (Å²) in [6.45, 7) is 0.149. The number of hydrogen-bond donors (Lipinski definition) is 2. The molecule has 2 rings (SSSR count). The second-order valence-electron chi connectivity index (χ2n) is 3.89. The third kappa shape index (κ3) is 3.25. The first kappa shape index (κ1) is 14.3. The average Bonchev–Trinajstić information content (AvgIpc) is 2.91. The molecule has 0 aliphatic heterocycles. The van der Waals surface area contributed by atoms with Crippen molar-refractivity contribution in [3.63, 3.8) is 0 Å². The van der Waals surface area contributed by atoms with Crippen molar-refractivity contribution < 1.29 is 17.7 Å². The van der Waals surface area contributed by atoms with Crippen LogP contribution in [0.2, 0.25) is 0 Å². The van der Waals surface area contributed by atoms with Crippen LogP contribution in [0, 0.1) is 0 Å². The fourth-order valence-corrected chi connectivity index (χ4v) is 2.63. The molecule has 0 radical (unpaired) electrons. The summed E-state index contributed by atoms with van der Waals surface area (Å²) in [5.74, 6) is 0.789. The van der Waals surface area contributed by atoms with Crippen LogP contribution in [-0.2, 0) is 16.4 Å². The summed E-state index contributed by atoms with van der Waals surface area (Å²) in [5, 5.41) is 3.43. The predicted octanol–water partition coefficient (Wildman–Crippen LogP) is 0.181. The zero-order chi connectivity index (χ0) is 14.6. The molecular formula is C11H14N4O4S. The van der Waals surface area contributed by atoms with Gasteiger partial charge in [-0.15, -0.1) is 0 Å². The Bertz CT molecular complexity index is 670. The van der Waals surface area contributed by atoms with Crippen LogP contribution in [0.3, 0.4) is 0 Å². The van der Waals surface area contributed by atoms with Gasteiger partial charge in [-0.25, -0.2) is 13.1 Å². The largest absolute Gasteiger partial charge is 0.495 e. The van der Waals surface area contributed by atoms with Crippen LogP contribution < -0.4 is 15.2 Å². The molecule has 0 bridgehead atoms. The van der Waals surface area contributed by atoms with Gasteiger partial charge in [0.05, 0.1) is 17.7 Å². The fraction of sp³-hybridized carbons (Fsp3) is 0.273. The number of nitrogens with one attached hydrogen (secondary N) is 1. The van der Waals surface area contributed by atoms with E-state index in [1.54, 1.807) is 0 Å². The van der Waals surface area contributed by atoms with Gasteiger partial charge in [0.25, 0.3) is 0 Å². The molecule has 0 atom stereocenters. The summed E-state index contributed by atoms with van der Waals surface area (Å²) in [7, 11) is -2.18. The van der Waals surface area contributed by atoms with Crippen molar-refractivity contribution in [3.8, 4) is 5.75 Å². The minimum Gasteiger partial charge on any atom is -0.495 e. The summed E-state index contributed by atoms with van der Waals surface area (Å²) in [4.78, 5) is 3.87. The first-order chi connectivity index (χ1) is 9.53. The molecule has 0 amide bonds. The Morgan fingerprint density at radius 2 is 2.25 bits per heavy atom. The Morgan fingerprint density at radius 3 is 2.85 bits per heavy atom. The zero-order valence-corrected chi connectivity index (χ0v) is 11.6. The molecule has 0 aliphatic carbocycles. The molecule has 108 valence electrons. The van der Waals surface area contributed by atoms with Crippen LogP contribution in [0.15, 0.2) is 33.9 Å². The Kier molecular flexibility index (Phi) is 4.20. The minimum atomic E-state index is -3.64. The molecule has 0 saturated heterocycles. The lowest BCUT2D eigenvalue weighted by atomic mass is 10.3. The number of rotatable bonds is 6. The molecule has 3 N–H and O–H groups in total. The maximum Gasteiger partial charge on any atom is 0.240 e. The number of hydrogen-bond acceptors (Lipinski definition) is 7. The van der Waals surface area contributed by atoms with E-state index in [1.807, 2.05) is 0 Å². The molecule has 0 saturated carbocycles. The molecular weight excluding hydrogens is 284 g/mol. The van der Waals surface area contributed by atoms with E-state index in [0.717, 1.165) is 0 Å². The Morgan fingerprint density at radius 1 is 1.45 bits per heavy atom. The van der Waals surface area contributed by atoms with Gasteiger partial charge in [-0.2, -0.15) is 4.98 Å². The van der Waals surface area contributed by atoms with Crippen molar-refractivity contribution in [1.29, 1.82) is 0 Å². The summed E-state index contributed by atoms with van der Waals surface area (Å²) in [5.41, 5.74) is 5.94. The Hall–Kier alpha value is -2.13. The first-order valence-electron chi connectivity index (χ1n) is 5.71. The van der Waals surface area contributed by atoms with E-state index in [4.69, 9.17) is 15.0 Å². The lowest BCUT2D eigenvalue weighted by Gasteiger charge is -2.08. The summed E-state index contributed by atoms with van der Waals surface area (Å²) in [6.07, 6.45) is 1.57. The Balaban J connectivity index is 2.04. The van der Waals surface area contributed by atoms with Crippen LogP contribution in [0.1, 0.15) is 5.89 Å². The molecule has 0 spiro atoms. The molecule has 9 heteroatoms. The molecule has 1 aromatic carbocycles. The van der Waals surface area contributed by atoms with E-state index in [9.17, 15) is 8.42 Å². The molecule has 2 aromatic rings. The molecule has 0 unspecified atom stereocenters. The molecule has 0 aliphatic rings. The maximum absolute atomic E-state index is 12.0. The summed E-state index contributed by atoms with van der Waals surface area (Å²) in [6, 6.07) is 4.26. The summed E-state index contributed by atoms with van der Waals surface area (Å²) >= 11 is 0. The van der Waals surface area contributed by atoms with Gasteiger partial charge in [0, 0.05) is 13.0 Å². The van der Waals surface area contributed by atoms with Crippen LogP contribution in [0.5, 0.6) is 5.75 Å². The highest BCUT2D eigenvalue weighted by molar-refractivity contribution is 7.89. The van der Waals surface area contributed by atoms with E-state index in [-0.39, 0.29) is 17.1 Å². The first-order valence-corrected chi connectivity index (χ1v) is 7.20. The quantitative estimate of drug-likeness (QED) is 0.730. The van der Waals surface area contributed by atoms with Gasteiger partial charge in [0.1, 0.15) is 5.75 Å². The molecule has 0 fully saturated rings. The maximum atomic E-state index is 12.0. The van der Waals surface area contributed by atoms with Crippen molar-refractivity contribution in [2.75, 3.05) is 19.4 Å². The number of nitrogen functional groups attached to an aromatic ring is 1. The van der Waals surface area contributed by atoms with E-state index < -0.39 is 10.0 Å².